The molecule has 0 amide bonds. The molecule has 0 fully saturated rings. The second-order valence-electron chi connectivity index (χ2n) is 1.70. The SMILES string of the molecule is OCc1ccnn1C(F)F. The van der Waals surface area contributed by atoms with Gasteiger partial charge in [0.15, 0.2) is 0 Å². The van der Waals surface area contributed by atoms with Gasteiger partial charge in [0, 0.05) is 6.20 Å². The molecule has 0 aliphatic carbocycles. The standard InChI is InChI=1S/C5H6F2N2O/c6-5(7)9-4(3-10)1-2-8-9/h1-2,5,10H,3H2. The Kier molecular flexibility index (Phi) is 1.96. The minimum atomic E-state index is -2.67. The molecule has 0 aromatic carbocycles. The van der Waals surface area contributed by atoms with Crippen LogP contribution in [0, 0.1) is 0 Å². The van der Waals surface area contributed by atoms with E-state index in [4.69, 9.17) is 5.11 Å². The van der Waals surface area contributed by atoms with Crippen molar-refractivity contribution in [3.8, 4) is 0 Å². The van der Waals surface area contributed by atoms with Crippen molar-refractivity contribution in [2.24, 2.45) is 0 Å². The molecule has 0 radical (unpaired) electrons. The average Bonchev–Trinajstić information content (AvgIpc) is 2.33. The van der Waals surface area contributed by atoms with Gasteiger partial charge < -0.3 is 5.11 Å². The van der Waals surface area contributed by atoms with Gasteiger partial charge in [-0.3, -0.25) is 0 Å². The van der Waals surface area contributed by atoms with Crippen LogP contribution >= 0.6 is 0 Å². The highest BCUT2D eigenvalue weighted by atomic mass is 19.3. The maximum atomic E-state index is 11.8. The van der Waals surface area contributed by atoms with Crippen molar-refractivity contribution in [2.45, 2.75) is 13.2 Å². The van der Waals surface area contributed by atoms with E-state index < -0.39 is 13.2 Å². The Labute approximate surface area is 55.9 Å². The van der Waals surface area contributed by atoms with Gasteiger partial charge in [-0.15, -0.1) is 0 Å². The second-order valence-corrected chi connectivity index (χ2v) is 1.70. The molecule has 0 saturated carbocycles. The van der Waals surface area contributed by atoms with E-state index in [0.717, 1.165) is 0 Å². The number of aliphatic hydroxyl groups is 1. The molecule has 0 aliphatic rings. The van der Waals surface area contributed by atoms with Crippen LogP contribution in [0.25, 0.3) is 0 Å². The third-order valence-electron chi connectivity index (χ3n) is 1.10. The van der Waals surface area contributed by atoms with Crippen LogP contribution in [-0.2, 0) is 6.61 Å². The van der Waals surface area contributed by atoms with Gasteiger partial charge in [0.25, 0.3) is 0 Å². The van der Waals surface area contributed by atoms with Crippen molar-refractivity contribution in [3.05, 3.63) is 18.0 Å². The number of hydrogen-bond donors (Lipinski definition) is 1. The summed E-state index contributed by atoms with van der Waals surface area (Å²) in [5, 5.41) is 11.8. The van der Waals surface area contributed by atoms with Crippen LogP contribution in [0.2, 0.25) is 0 Å². The number of alkyl halides is 2. The van der Waals surface area contributed by atoms with Crippen molar-refractivity contribution >= 4 is 0 Å². The average molecular weight is 148 g/mol. The fraction of sp³-hybridized carbons (Fsp3) is 0.400. The number of hydrogen-bond acceptors (Lipinski definition) is 2. The zero-order valence-corrected chi connectivity index (χ0v) is 5.04. The van der Waals surface area contributed by atoms with Crippen LogP contribution in [0.4, 0.5) is 8.78 Å². The lowest BCUT2D eigenvalue weighted by atomic mass is 10.5. The zero-order valence-electron chi connectivity index (χ0n) is 5.04. The summed E-state index contributed by atoms with van der Waals surface area (Å²) in [6.07, 6.45) is 1.22. The Bertz CT molecular complexity index is 211. The normalized spacial score (nSPS) is 10.8. The summed E-state index contributed by atoms with van der Waals surface area (Å²) >= 11 is 0. The summed E-state index contributed by atoms with van der Waals surface area (Å²) in [4.78, 5) is 0. The van der Waals surface area contributed by atoms with Gasteiger partial charge >= 0.3 is 6.55 Å². The number of halogens is 2. The summed E-state index contributed by atoms with van der Waals surface area (Å²) < 4.78 is 24.1. The van der Waals surface area contributed by atoms with E-state index in [1.807, 2.05) is 0 Å². The van der Waals surface area contributed by atoms with Crippen molar-refractivity contribution < 1.29 is 13.9 Å². The van der Waals surface area contributed by atoms with Crippen molar-refractivity contribution in [3.63, 3.8) is 0 Å². The molecule has 1 heterocycles. The van der Waals surface area contributed by atoms with Crippen LogP contribution in [0.15, 0.2) is 12.3 Å². The van der Waals surface area contributed by atoms with E-state index in [2.05, 4.69) is 5.10 Å². The van der Waals surface area contributed by atoms with Crippen LogP contribution < -0.4 is 0 Å². The first kappa shape index (κ1) is 7.14. The molecule has 1 N–H and O–H groups in total. The summed E-state index contributed by atoms with van der Waals surface area (Å²) in [5.41, 5.74) is 0.120. The summed E-state index contributed by atoms with van der Waals surface area (Å²) in [6, 6.07) is 1.34. The second kappa shape index (κ2) is 2.74. The van der Waals surface area contributed by atoms with Crippen LogP contribution in [-0.4, -0.2) is 14.9 Å². The molecule has 5 heteroatoms. The largest absolute Gasteiger partial charge is 0.390 e. The monoisotopic (exact) mass is 148 g/mol. The highest BCUT2D eigenvalue weighted by Crippen LogP contribution is 2.11. The fourth-order valence-corrected chi connectivity index (χ4v) is 0.643. The highest BCUT2D eigenvalue weighted by Gasteiger charge is 2.09. The number of nitrogens with zero attached hydrogens (tertiary/aromatic N) is 2. The minimum Gasteiger partial charge on any atom is -0.390 e. The molecule has 0 atom stereocenters. The molecule has 3 nitrogen and oxygen atoms in total. The van der Waals surface area contributed by atoms with E-state index in [1.54, 1.807) is 0 Å². The van der Waals surface area contributed by atoms with E-state index in [0.29, 0.717) is 4.68 Å². The van der Waals surface area contributed by atoms with Crippen LogP contribution in [0.1, 0.15) is 12.2 Å². The Balaban J connectivity index is 2.90. The molecule has 1 rings (SSSR count). The molecule has 0 saturated heterocycles. The Morgan fingerprint density at radius 3 is 2.80 bits per heavy atom. The first-order valence-corrected chi connectivity index (χ1v) is 2.67. The molecule has 1 aromatic heterocycles. The summed E-state index contributed by atoms with van der Waals surface area (Å²) in [6.45, 7) is -3.08. The van der Waals surface area contributed by atoms with Gasteiger partial charge in [-0.2, -0.15) is 13.9 Å². The maximum absolute atomic E-state index is 11.8. The molecule has 0 aliphatic heterocycles. The maximum Gasteiger partial charge on any atom is 0.333 e. The van der Waals surface area contributed by atoms with Gasteiger partial charge in [-0.1, -0.05) is 0 Å². The predicted octanol–water partition coefficient (Wildman–Crippen LogP) is 0.771. The third-order valence-corrected chi connectivity index (χ3v) is 1.10. The molecule has 10 heavy (non-hydrogen) atoms. The molecular formula is C5H6F2N2O. The quantitative estimate of drug-likeness (QED) is 0.672. The predicted molar refractivity (Wildman–Crippen MR) is 29.4 cm³/mol. The number of aliphatic hydroxyl groups excluding tert-OH is 1. The third kappa shape index (κ3) is 1.13. The lowest BCUT2D eigenvalue weighted by Gasteiger charge is -2.01. The van der Waals surface area contributed by atoms with Crippen molar-refractivity contribution in [1.82, 2.24) is 9.78 Å². The lowest BCUT2D eigenvalue weighted by molar-refractivity contribution is 0.0490. The van der Waals surface area contributed by atoms with E-state index >= 15 is 0 Å². The Morgan fingerprint density at radius 1 is 1.70 bits per heavy atom. The Morgan fingerprint density at radius 2 is 2.40 bits per heavy atom. The van der Waals surface area contributed by atoms with Gasteiger partial charge in [0.05, 0.1) is 12.3 Å². The van der Waals surface area contributed by atoms with E-state index in [1.165, 1.54) is 12.3 Å². The van der Waals surface area contributed by atoms with Crippen LogP contribution in [0.5, 0.6) is 0 Å². The molecule has 1 aromatic rings. The first-order valence-electron chi connectivity index (χ1n) is 2.67. The fourth-order valence-electron chi connectivity index (χ4n) is 0.643. The van der Waals surface area contributed by atoms with Gasteiger partial charge in [0.1, 0.15) is 0 Å². The van der Waals surface area contributed by atoms with Crippen LogP contribution in [0.3, 0.4) is 0 Å². The zero-order chi connectivity index (χ0) is 7.56. The molecule has 0 spiro atoms. The highest BCUT2D eigenvalue weighted by molar-refractivity contribution is 4.98. The summed E-state index contributed by atoms with van der Waals surface area (Å²) in [7, 11) is 0. The van der Waals surface area contributed by atoms with Crippen molar-refractivity contribution in [2.75, 3.05) is 0 Å². The molecule has 0 unspecified atom stereocenters. The van der Waals surface area contributed by atoms with Crippen molar-refractivity contribution in [1.29, 1.82) is 0 Å². The first-order chi connectivity index (χ1) is 4.75. The number of aromatic nitrogens is 2. The topological polar surface area (TPSA) is 38.1 Å². The number of rotatable bonds is 2. The molecule has 0 bridgehead atoms. The smallest absolute Gasteiger partial charge is 0.333 e. The van der Waals surface area contributed by atoms with Gasteiger partial charge in [-0.25, -0.2) is 4.68 Å². The molecule has 56 valence electrons. The summed E-state index contributed by atoms with van der Waals surface area (Å²) in [5.74, 6) is 0. The van der Waals surface area contributed by atoms with E-state index in [-0.39, 0.29) is 5.69 Å². The van der Waals surface area contributed by atoms with E-state index in [9.17, 15) is 8.78 Å². The molecular weight excluding hydrogens is 142 g/mol. The van der Waals surface area contributed by atoms with Gasteiger partial charge in [0.2, 0.25) is 0 Å². The lowest BCUT2D eigenvalue weighted by Crippen LogP contribution is -2.04. The Hall–Kier alpha value is -0.970. The minimum absolute atomic E-state index is 0.120. The van der Waals surface area contributed by atoms with Gasteiger partial charge in [-0.05, 0) is 6.07 Å².